The van der Waals surface area contributed by atoms with E-state index in [2.05, 4.69) is 26.8 Å². The molecule has 0 amide bonds. The average Bonchev–Trinajstić information content (AvgIpc) is 2.55. The second-order valence-corrected chi connectivity index (χ2v) is 6.06. The summed E-state index contributed by atoms with van der Waals surface area (Å²) in [5.74, 6) is 0. The van der Waals surface area contributed by atoms with Gasteiger partial charge in [-0.05, 0) is 12.8 Å². The minimum Gasteiger partial charge on any atom is -0.379 e. The molecule has 6 nitrogen and oxygen atoms in total. The number of ether oxygens (including phenoxy) is 2. The Morgan fingerprint density at radius 1 is 0.864 bits per heavy atom. The van der Waals surface area contributed by atoms with Gasteiger partial charge in [-0.15, -0.1) is 0 Å². The number of hydrogen-bond donors (Lipinski definition) is 2. The number of hydrogen-bond acceptors (Lipinski definition) is 7. The quantitative estimate of drug-likeness (QED) is 0.345. The summed E-state index contributed by atoms with van der Waals surface area (Å²) in [5.41, 5.74) is 0. The first-order valence-electron chi connectivity index (χ1n) is 8.43. The molecule has 0 aromatic rings. The number of nitrogens with zero attached hydrogens (tertiary/aromatic N) is 2. The highest BCUT2D eigenvalue weighted by Crippen LogP contribution is 2.01. The Kier molecular flexibility index (Phi) is 13.5. The van der Waals surface area contributed by atoms with E-state index in [0.717, 1.165) is 85.3 Å². The van der Waals surface area contributed by atoms with Gasteiger partial charge in [0, 0.05) is 52.4 Å². The molecule has 0 atom stereocenters. The van der Waals surface area contributed by atoms with Crippen molar-refractivity contribution in [3.63, 3.8) is 0 Å². The standard InChI is InChI=1S/C15H34N4O2S/c1-3-16-4-12-20-14-10-18-6-8-19(9-7-18)11-15-21-13-5-17-22-2/h16-17H,3-15H2,1-2H3. The number of piperazine rings is 1. The van der Waals surface area contributed by atoms with Gasteiger partial charge in [0.25, 0.3) is 0 Å². The Balaban J connectivity index is 1.88. The smallest absolute Gasteiger partial charge is 0.0600 e. The van der Waals surface area contributed by atoms with Gasteiger partial charge in [-0.2, -0.15) is 0 Å². The summed E-state index contributed by atoms with van der Waals surface area (Å²) in [7, 11) is 0. The molecule has 1 fully saturated rings. The minimum absolute atomic E-state index is 0.797. The Morgan fingerprint density at radius 3 is 1.91 bits per heavy atom. The highest BCUT2D eigenvalue weighted by atomic mass is 32.2. The molecule has 0 aromatic carbocycles. The van der Waals surface area contributed by atoms with Gasteiger partial charge in [0.2, 0.25) is 0 Å². The molecule has 1 aliphatic rings. The maximum atomic E-state index is 5.63. The van der Waals surface area contributed by atoms with E-state index in [9.17, 15) is 0 Å². The van der Waals surface area contributed by atoms with Crippen LogP contribution >= 0.6 is 11.9 Å². The monoisotopic (exact) mass is 334 g/mol. The summed E-state index contributed by atoms with van der Waals surface area (Å²) < 4.78 is 14.4. The maximum absolute atomic E-state index is 5.63. The fraction of sp³-hybridized carbons (Fsp3) is 1.00. The van der Waals surface area contributed by atoms with E-state index in [1.54, 1.807) is 11.9 Å². The van der Waals surface area contributed by atoms with Crippen molar-refractivity contribution in [2.75, 3.05) is 91.6 Å². The molecule has 0 aromatic heterocycles. The molecule has 1 aliphatic heterocycles. The first kappa shape index (κ1) is 20.2. The second kappa shape index (κ2) is 14.7. The van der Waals surface area contributed by atoms with Crippen molar-refractivity contribution in [2.45, 2.75) is 6.92 Å². The fourth-order valence-electron chi connectivity index (χ4n) is 2.36. The molecule has 0 aliphatic carbocycles. The average molecular weight is 335 g/mol. The SMILES string of the molecule is CCNCCOCCN1CCN(CCOCCNSC)CC1. The van der Waals surface area contributed by atoms with Crippen molar-refractivity contribution in [3.05, 3.63) is 0 Å². The van der Waals surface area contributed by atoms with E-state index in [4.69, 9.17) is 9.47 Å². The summed E-state index contributed by atoms with van der Waals surface area (Å²) >= 11 is 1.64. The molecule has 132 valence electrons. The summed E-state index contributed by atoms with van der Waals surface area (Å²) in [6, 6.07) is 0. The molecule has 22 heavy (non-hydrogen) atoms. The van der Waals surface area contributed by atoms with E-state index in [1.165, 1.54) is 0 Å². The van der Waals surface area contributed by atoms with Crippen LogP contribution in [0.15, 0.2) is 0 Å². The van der Waals surface area contributed by atoms with Crippen molar-refractivity contribution >= 4 is 11.9 Å². The maximum Gasteiger partial charge on any atom is 0.0600 e. The highest BCUT2D eigenvalue weighted by Gasteiger charge is 2.15. The van der Waals surface area contributed by atoms with Crippen LogP contribution in [0.2, 0.25) is 0 Å². The molecule has 1 rings (SSSR count). The third-order valence-corrected chi connectivity index (χ3v) is 4.23. The number of likely N-dealkylation sites (N-methyl/N-ethyl adjacent to an activating group) is 1. The van der Waals surface area contributed by atoms with E-state index in [0.29, 0.717) is 0 Å². The van der Waals surface area contributed by atoms with Gasteiger partial charge in [-0.25, -0.2) is 0 Å². The largest absolute Gasteiger partial charge is 0.379 e. The van der Waals surface area contributed by atoms with Gasteiger partial charge in [0.15, 0.2) is 0 Å². The van der Waals surface area contributed by atoms with Crippen LogP contribution in [-0.4, -0.2) is 101 Å². The van der Waals surface area contributed by atoms with Crippen LogP contribution in [-0.2, 0) is 9.47 Å². The van der Waals surface area contributed by atoms with Crippen LogP contribution in [0.1, 0.15) is 6.92 Å². The number of nitrogens with one attached hydrogen (secondary N) is 2. The molecule has 0 bridgehead atoms. The van der Waals surface area contributed by atoms with E-state index >= 15 is 0 Å². The molecule has 7 heteroatoms. The zero-order valence-corrected chi connectivity index (χ0v) is 15.1. The molecule has 0 unspecified atom stereocenters. The zero-order valence-electron chi connectivity index (χ0n) is 14.3. The fourth-order valence-corrected chi connectivity index (χ4v) is 2.65. The van der Waals surface area contributed by atoms with Crippen LogP contribution in [0.3, 0.4) is 0 Å². The Bertz CT molecular complexity index is 218. The Morgan fingerprint density at radius 2 is 1.41 bits per heavy atom. The van der Waals surface area contributed by atoms with Crippen LogP contribution < -0.4 is 10.0 Å². The topological polar surface area (TPSA) is 49.0 Å². The third kappa shape index (κ3) is 10.8. The third-order valence-electron chi connectivity index (χ3n) is 3.73. The molecule has 2 N–H and O–H groups in total. The highest BCUT2D eigenvalue weighted by molar-refractivity contribution is 7.96. The van der Waals surface area contributed by atoms with Gasteiger partial charge < -0.3 is 14.8 Å². The normalized spacial score (nSPS) is 17.2. The van der Waals surface area contributed by atoms with Gasteiger partial charge in [-0.1, -0.05) is 18.9 Å². The summed E-state index contributed by atoms with van der Waals surface area (Å²) in [6.07, 6.45) is 2.03. The molecule has 0 saturated carbocycles. The van der Waals surface area contributed by atoms with Crippen LogP contribution in [0.4, 0.5) is 0 Å². The molecule has 1 saturated heterocycles. The lowest BCUT2D eigenvalue weighted by molar-refractivity contribution is 0.0585. The lowest BCUT2D eigenvalue weighted by Crippen LogP contribution is -2.48. The Labute approximate surface area is 140 Å². The van der Waals surface area contributed by atoms with Gasteiger partial charge in [0.05, 0.1) is 26.4 Å². The minimum atomic E-state index is 0.797. The molecular weight excluding hydrogens is 300 g/mol. The molecule has 0 radical (unpaired) electrons. The Hall–Kier alpha value is 0.110. The van der Waals surface area contributed by atoms with Crippen molar-refractivity contribution < 1.29 is 9.47 Å². The summed E-state index contributed by atoms with van der Waals surface area (Å²) in [4.78, 5) is 4.98. The molecular formula is C15H34N4O2S. The predicted molar refractivity (Wildman–Crippen MR) is 94.6 cm³/mol. The first-order valence-corrected chi connectivity index (χ1v) is 9.66. The van der Waals surface area contributed by atoms with Crippen molar-refractivity contribution in [3.8, 4) is 0 Å². The number of rotatable bonds is 14. The molecule has 1 heterocycles. The van der Waals surface area contributed by atoms with Crippen LogP contribution in [0, 0.1) is 0 Å². The first-order chi connectivity index (χ1) is 10.9. The molecule has 0 spiro atoms. The van der Waals surface area contributed by atoms with E-state index in [1.807, 2.05) is 6.26 Å². The lowest BCUT2D eigenvalue weighted by Gasteiger charge is -2.34. The van der Waals surface area contributed by atoms with E-state index < -0.39 is 0 Å². The summed E-state index contributed by atoms with van der Waals surface area (Å²) in [5, 5.41) is 3.27. The van der Waals surface area contributed by atoms with Crippen LogP contribution in [0.5, 0.6) is 0 Å². The van der Waals surface area contributed by atoms with Crippen molar-refractivity contribution in [1.82, 2.24) is 19.8 Å². The van der Waals surface area contributed by atoms with Gasteiger partial charge in [0.1, 0.15) is 0 Å². The van der Waals surface area contributed by atoms with Gasteiger partial charge in [-0.3, -0.25) is 14.5 Å². The summed E-state index contributed by atoms with van der Waals surface area (Å²) in [6.45, 7) is 15.0. The predicted octanol–water partition coefficient (Wildman–Crippen LogP) is 0.114. The van der Waals surface area contributed by atoms with Crippen molar-refractivity contribution in [1.29, 1.82) is 0 Å². The van der Waals surface area contributed by atoms with E-state index in [-0.39, 0.29) is 0 Å². The lowest BCUT2D eigenvalue weighted by atomic mass is 10.3. The van der Waals surface area contributed by atoms with Crippen LogP contribution in [0.25, 0.3) is 0 Å². The van der Waals surface area contributed by atoms with Crippen molar-refractivity contribution in [2.24, 2.45) is 0 Å². The second-order valence-electron chi connectivity index (χ2n) is 5.36. The van der Waals surface area contributed by atoms with Gasteiger partial charge >= 0.3 is 0 Å². The zero-order chi connectivity index (χ0) is 15.9.